The molecule has 0 saturated carbocycles. The summed E-state index contributed by atoms with van der Waals surface area (Å²) in [5, 5.41) is 5.51. The number of ether oxygens (including phenoxy) is 1. The molecule has 0 radical (unpaired) electrons. The molecule has 0 heterocycles. The second-order valence-electron chi connectivity index (χ2n) is 5.88. The number of anilines is 1. The Hall–Kier alpha value is -1.17. The number of benzene rings is 1. The molecule has 0 saturated heterocycles. The van der Waals surface area contributed by atoms with Gasteiger partial charge in [-0.3, -0.25) is 4.79 Å². The smallest absolute Gasteiger partial charge is 0.339 e. The van der Waals surface area contributed by atoms with Crippen molar-refractivity contribution in [3.8, 4) is 0 Å². The molecule has 1 aromatic carbocycles. The van der Waals surface area contributed by atoms with Gasteiger partial charge >= 0.3 is 5.97 Å². The van der Waals surface area contributed by atoms with Crippen LogP contribution in [0.1, 0.15) is 31.1 Å². The van der Waals surface area contributed by atoms with E-state index in [0.717, 1.165) is 0 Å². The van der Waals surface area contributed by atoms with Crippen LogP contribution in [0.25, 0.3) is 0 Å². The molecular formula is C15H19Cl3N2O3. The number of hydrogen-bond donors (Lipinski definition) is 2. The number of methoxy groups -OCH3 is 1. The fourth-order valence-electron chi connectivity index (χ4n) is 1.60. The van der Waals surface area contributed by atoms with Gasteiger partial charge in [0.15, 0.2) is 0 Å². The van der Waals surface area contributed by atoms with Gasteiger partial charge in [-0.1, -0.05) is 67.7 Å². The number of rotatable bonds is 4. The van der Waals surface area contributed by atoms with Crippen molar-refractivity contribution in [1.82, 2.24) is 5.32 Å². The van der Waals surface area contributed by atoms with Gasteiger partial charge in [-0.25, -0.2) is 4.79 Å². The summed E-state index contributed by atoms with van der Waals surface area (Å²) in [5.41, 5.74) is -0.0262. The molecule has 1 atom stereocenters. The molecule has 23 heavy (non-hydrogen) atoms. The maximum Gasteiger partial charge on any atom is 0.339 e. The van der Waals surface area contributed by atoms with E-state index in [1.54, 1.807) is 45.0 Å². The van der Waals surface area contributed by atoms with Crippen molar-refractivity contribution in [3.05, 3.63) is 29.8 Å². The largest absolute Gasteiger partial charge is 0.465 e. The van der Waals surface area contributed by atoms with Crippen molar-refractivity contribution >= 4 is 52.4 Å². The maximum absolute atomic E-state index is 12.2. The lowest BCUT2D eigenvalue weighted by molar-refractivity contribution is -0.129. The predicted octanol–water partition coefficient (Wildman–Crippen LogP) is 3.74. The lowest BCUT2D eigenvalue weighted by Gasteiger charge is -2.30. The predicted molar refractivity (Wildman–Crippen MR) is 93.1 cm³/mol. The van der Waals surface area contributed by atoms with Crippen LogP contribution in [0.4, 0.5) is 5.69 Å². The monoisotopic (exact) mass is 380 g/mol. The highest BCUT2D eigenvalue weighted by atomic mass is 35.6. The van der Waals surface area contributed by atoms with Crippen molar-refractivity contribution < 1.29 is 14.3 Å². The number of carbonyl (C=O) groups excluding carboxylic acids is 2. The molecule has 1 rings (SSSR count). The minimum atomic E-state index is -1.83. The van der Waals surface area contributed by atoms with E-state index in [1.807, 2.05) is 0 Å². The first-order valence-corrected chi connectivity index (χ1v) is 7.91. The zero-order valence-electron chi connectivity index (χ0n) is 13.2. The Morgan fingerprint density at radius 2 is 1.70 bits per heavy atom. The lowest BCUT2D eigenvalue weighted by Crippen LogP contribution is -2.52. The highest BCUT2D eigenvalue weighted by Crippen LogP contribution is 2.32. The number of para-hydroxylation sites is 1. The van der Waals surface area contributed by atoms with Crippen molar-refractivity contribution in [3.63, 3.8) is 0 Å². The summed E-state index contributed by atoms with van der Waals surface area (Å²) in [4.78, 5) is 24.0. The minimum Gasteiger partial charge on any atom is -0.465 e. The third kappa shape index (κ3) is 5.75. The molecule has 0 aliphatic carbocycles. The standard InChI is InChI=1S/C15H19Cl3N2O3/c1-14(2,3)13(22)20-12(15(16,17)18)19-10-8-6-5-7-9(10)11(21)23-4/h5-8,12,19H,1-4H3,(H,20,22)/t12-/m0/s1. The van der Waals surface area contributed by atoms with E-state index in [9.17, 15) is 9.59 Å². The van der Waals surface area contributed by atoms with Crippen LogP contribution in [0.5, 0.6) is 0 Å². The van der Waals surface area contributed by atoms with Crippen LogP contribution in [0.2, 0.25) is 0 Å². The second kappa shape index (κ2) is 7.60. The van der Waals surface area contributed by atoms with Crippen molar-refractivity contribution in [2.75, 3.05) is 12.4 Å². The van der Waals surface area contributed by atoms with Gasteiger partial charge in [0.25, 0.3) is 0 Å². The molecular weight excluding hydrogens is 363 g/mol. The summed E-state index contributed by atoms with van der Waals surface area (Å²) >= 11 is 17.8. The normalized spacial score (nSPS) is 13.2. The van der Waals surface area contributed by atoms with E-state index in [0.29, 0.717) is 5.69 Å². The van der Waals surface area contributed by atoms with Crippen LogP contribution < -0.4 is 10.6 Å². The van der Waals surface area contributed by atoms with Crippen molar-refractivity contribution in [1.29, 1.82) is 0 Å². The Bertz CT molecular complexity index is 580. The first-order chi connectivity index (χ1) is 10.5. The average molecular weight is 382 g/mol. The Balaban J connectivity index is 3.09. The molecule has 1 aromatic rings. The molecule has 0 fully saturated rings. The summed E-state index contributed by atoms with van der Waals surface area (Å²) in [5.74, 6) is -0.852. The molecule has 0 unspecified atom stereocenters. The maximum atomic E-state index is 12.2. The van der Waals surface area contributed by atoms with Crippen LogP contribution in [-0.4, -0.2) is 28.9 Å². The lowest BCUT2D eigenvalue weighted by atomic mass is 9.95. The summed E-state index contributed by atoms with van der Waals surface area (Å²) in [7, 11) is 1.27. The molecule has 5 nitrogen and oxygen atoms in total. The van der Waals surface area contributed by atoms with Gasteiger partial charge in [0.2, 0.25) is 9.70 Å². The fourth-order valence-corrected chi connectivity index (χ4v) is 1.93. The number of nitrogens with one attached hydrogen (secondary N) is 2. The van der Waals surface area contributed by atoms with Crippen LogP contribution in [0.15, 0.2) is 24.3 Å². The molecule has 0 aliphatic heterocycles. The zero-order valence-corrected chi connectivity index (χ0v) is 15.5. The van der Waals surface area contributed by atoms with Gasteiger partial charge in [0.05, 0.1) is 18.4 Å². The second-order valence-corrected chi connectivity index (χ2v) is 8.25. The van der Waals surface area contributed by atoms with Crippen LogP contribution in [-0.2, 0) is 9.53 Å². The third-order valence-corrected chi connectivity index (χ3v) is 3.57. The van der Waals surface area contributed by atoms with Crippen LogP contribution >= 0.6 is 34.8 Å². The number of alkyl halides is 3. The fraction of sp³-hybridized carbons (Fsp3) is 0.467. The van der Waals surface area contributed by atoms with E-state index in [1.165, 1.54) is 7.11 Å². The molecule has 0 aliphatic rings. The summed E-state index contributed by atoms with van der Waals surface area (Å²) in [6, 6.07) is 6.57. The van der Waals surface area contributed by atoms with E-state index >= 15 is 0 Å². The zero-order chi connectivity index (χ0) is 17.8. The van der Waals surface area contributed by atoms with E-state index < -0.39 is 21.3 Å². The highest BCUT2D eigenvalue weighted by molar-refractivity contribution is 6.68. The number of amides is 1. The molecule has 1 amide bonds. The van der Waals surface area contributed by atoms with E-state index in [-0.39, 0.29) is 11.5 Å². The molecule has 0 spiro atoms. The third-order valence-electron chi connectivity index (χ3n) is 2.92. The van der Waals surface area contributed by atoms with E-state index in [4.69, 9.17) is 39.5 Å². The van der Waals surface area contributed by atoms with Gasteiger partial charge in [0, 0.05) is 5.41 Å². The first kappa shape index (κ1) is 19.9. The number of hydrogen-bond acceptors (Lipinski definition) is 4. The molecule has 8 heteroatoms. The Labute approximate surface area is 150 Å². The van der Waals surface area contributed by atoms with Crippen molar-refractivity contribution in [2.45, 2.75) is 30.7 Å². The quantitative estimate of drug-likeness (QED) is 0.473. The Morgan fingerprint density at radius 1 is 1.13 bits per heavy atom. The number of carbonyl (C=O) groups is 2. The Morgan fingerprint density at radius 3 is 2.17 bits per heavy atom. The Kier molecular flexibility index (Phi) is 6.57. The average Bonchev–Trinajstić information content (AvgIpc) is 2.44. The summed E-state index contributed by atoms with van der Waals surface area (Å²) in [6.45, 7) is 5.21. The molecule has 0 bridgehead atoms. The van der Waals surface area contributed by atoms with E-state index in [2.05, 4.69) is 10.6 Å². The van der Waals surface area contributed by atoms with Crippen molar-refractivity contribution in [2.24, 2.45) is 5.41 Å². The summed E-state index contributed by atoms with van der Waals surface area (Å²) < 4.78 is 2.89. The van der Waals surface area contributed by atoms with Gasteiger partial charge in [0.1, 0.15) is 6.17 Å². The number of esters is 1. The topological polar surface area (TPSA) is 67.4 Å². The molecule has 128 valence electrons. The minimum absolute atomic E-state index is 0.263. The van der Waals surface area contributed by atoms with Gasteiger partial charge in [-0.05, 0) is 12.1 Å². The molecule has 2 N–H and O–H groups in total. The molecule has 0 aromatic heterocycles. The van der Waals surface area contributed by atoms with Gasteiger partial charge < -0.3 is 15.4 Å². The van der Waals surface area contributed by atoms with Crippen LogP contribution in [0.3, 0.4) is 0 Å². The summed E-state index contributed by atoms with van der Waals surface area (Å²) in [6.07, 6.45) is -1.04. The first-order valence-electron chi connectivity index (χ1n) is 6.78. The van der Waals surface area contributed by atoms with Gasteiger partial charge in [-0.15, -0.1) is 0 Å². The number of halogens is 3. The van der Waals surface area contributed by atoms with Gasteiger partial charge in [-0.2, -0.15) is 0 Å². The van der Waals surface area contributed by atoms with Crippen LogP contribution in [0, 0.1) is 5.41 Å². The highest BCUT2D eigenvalue weighted by Gasteiger charge is 2.37. The SMILES string of the molecule is COC(=O)c1ccccc1N[C@@H](NC(=O)C(C)(C)C)C(Cl)(Cl)Cl.